The Labute approximate surface area is 123 Å². The van der Waals surface area contributed by atoms with Crippen molar-refractivity contribution in [2.24, 2.45) is 0 Å². The molecule has 1 rings (SSSR count). The normalized spacial score (nSPS) is 12.1. The molecule has 2 N–H and O–H groups in total. The molecule has 1 aromatic carbocycles. The lowest BCUT2D eigenvalue weighted by Gasteiger charge is -2.23. The fourth-order valence-corrected chi connectivity index (χ4v) is 1.67. The average molecular weight is 290 g/mol. The van der Waals surface area contributed by atoms with Gasteiger partial charge in [0.2, 0.25) is 0 Å². The van der Waals surface area contributed by atoms with E-state index in [1.54, 1.807) is 45.0 Å². The second kappa shape index (κ2) is 6.75. The van der Waals surface area contributed by atoms with E-state index in [2.05, 4.69) is 5.32 Å². The fraction of sp³-hybridized carbons (Fsp3) is 0.400. The molecule has 0 bridgehead atoms. The zero-order valence-electron chi connectivity index (χ0n) is 12.2. The van der Waals surface area contributed by atoms with Gasteiger partial charge in [0.05, 0.1) is 24.1 Å². The molecule has 0 radical (unpaired) electrons. The first-order valence-electron chi connectivity index (χ1n) is 6.42. The van der Waals surface area contributed by atoms with E-state index in [0.29, 0.717) is 11.1 Å². The van der Waals surface area contributed by atoms with Crippen LogP contribution in [0.5, 0.6) is 0 Å². The van der Waals surface area contributed by atoms with Crippen LogP contribution in [0.3, 0.4) is 0 Å². The van der Waals surface area contributed by atoms with Crippen LogP contribution in [0.2, 0.25) is 0 Å². The molecule has 1 amide bonds. The molecule has 0 unspecified atom stereocenters. The number of aliphatic carboxylic acids is 1. The number of carboxylic acids is 1. The maximum atomic E-state index is 11.8. The first kappa shape index (κ1) is 16.5. The van der Waals surface area contributed by atoms with Gasteiger partial charge in [-0.25, -0.2) is 4.79 Å². The Hall–Kier alpha value is -2.55. The SMILES string of the molecule is CC(C)(C)OC(=O)N[C@@H](CC(=O)O)c1ccc(C#N)cc1. The van der Waals surface area contributed by atoms with Crippen molar-refractivity contribution in [3.8, 4) is 6.07 Å². The van der Waals surface area contributed by atoms with Crippen LogP contribution in [0.15, 0.2) is 24.3 Å². The van der Waals surface area contributed by atoms with Gasteiger partial charge in [-0.15, -0.1) is 0 Å². The molecule has 0 aliphatic rings. The standard InChI is InChI=1S/C15H18N2O4/c1-15(2,3)21-14(20)17-12(8-13(18)19)11-6-4-10(9-16)5-7-11/h4-7,12H,8H2,1-3H3,(H,17,20)(H,18,19)/t12-/m0/s1. The second-order valence-corrected chi connectivity index (χ2v) is 5.53. The minimum Gasteiger partial charge on any atom is -0.481 e. The summed E-state index contributed by atoms with van der Waals surface area (Å²) < 4.78 is 5.12. The van der Waals surface area contributed by atoms with Crippen molar-refractivity contribution in [1.29, 1.82) is 5.26 Å². The Morgan fingerprint density at radius 2 is 1.90 bits per heavy atom. The van der Waals surface area contributed by atoms with Crippen LogP contribution in [0, 0.1) is 11.3 Å². The number of ether oxygens (including phenoxy) is 1. The monoisotopic (exact) mass is 290 g/mol. The number of carbonyl (C=O) groups excluding carboxylic acids is 1. The van der Waals surface area contributed by atoms with Gasteiger partial charge >= 0.3 is 12.1 Å². The van der Waals surface area contributed by atoms with E-state index in [1.165, 1.54) is 0 Å². The first-order valence-corrected chi connectivity index (χ1v) is 6.42. The second-order valence-electron chi connectivity index (χ2n) is 5.53. The summed E-state index contributed by atoms with van der Waals surface area (Å²) in [6.07, 6.45) is -0.955. The molecule has 112 valence electrons. The maximum absolute atomic E-state index is 11.8. The minimum atomic E-state index is -1.04. The van der Waals surface area contributed by atoms with Gasteiger partial charge in [-0.05, 0) is 38.5 Å². The fourth-order valence-electron chi connectivity index (χ4n) is 1.67. The van der Waals surface area contributed by atoms with Crippen LogP contribution >= 0.6 is 0 Å². The largest absolute Gasteiger partial charge is 0.481 e. The van der Waals surface area contributed by atoms with Gasteiger partial charge in [0.15, 0.2) is 0 Å². The van der Waals surface area contributed by atoms with Crippen molar-refractivity contribution in [2.45, 2.75) is 38.8 Å². The molecule has 6 nitrogen and oxygen atoms in total. The van der Waals surface area contributed by atoms with Gasteiger partial charge in [0.1, 0.15) is 5.60 Å². The zero-order valence-corrected chi connectivity index (χ0v) is 12.2. The van der Waals surface area contributed by atoms with E-state index >= 15 is 0 Å². The molecule has 0 spiro atoms. The van der Waals surface area contributed by atoms with Crippen molar-refractivity contribution in [3.05, 3.63) is 35.4 Å². The molecular formula is C15H18N2O4. The van der Waals surface area contributed by atoms with Gasteiger partial charge in [0.25, 0.3) is 0 Å². The predicted octanol–water partition coefficient (Wildman–Crippen LogP) is 2.60. The summed E-state index contributed by atoms with van der Waals surface area (Å²) in [6, 6.07) is 7.63. The molecule has 0 heterocycles. The molecular weight excluding hydrogens is 272 g/mol. The molecule has 0 aromatic heterocycles. The molecule has 1 atom stereocenters. The molecule has 0 fully saturated rings. The van der Waals surface area contributed by atoms with Gasteiger partial charge in [-0.3, -0.25) is 4.79 Å². The zero-order chi connectivity index (χ0) is 16.0. The van der Waals surface area contributed by atoms with E-state index < -0.39 is 23.7 Å². The number of hydrogen-bond acceptors (Lipinski definition) is 4. The highest BCUT2D eigenvalue weighted by molar-refractivity contribution is 5.72. The summed E-state index contributed by atoms with van der Waals surface area (Å²) in [6.45, 7) is 5.17. The Kier molecular flexibility index (Phi) is 5.30. The number of nitrogens with one attached hydrogen (secondary N) is 1. The van der Waals surface area contributed by atoms with E-state index in [4.69, 9.17) is 15.1 Å². The molecule has 21 heavy (non-hydrogen) atoms. The van der Waals surface area contributed by atoms with Gasteiger partial charge in [-0.1, -0.05) is 12.1 Å². The topological polar surface area (TPSA) is 99.4 Å². The summed E-state index contributed by atoms with van der Waals surface area (Å²) in [4.78, 5) is 22.7. The van der Waals surface area contributed by atoms with E-state index in [-0.39, 0.29) is 6.42 Å². The third-order valence-electron chi connectivity index (χ3n) is 2.51. The number of amides is 1. The number of carbonyl (C=O) groups is 2. The van der Waals surface area contributed by atoms with Crippen LogP contribution in [-0.4, -0.2) is 22.8 Å². The van der Waals surface area contributed by atoms with Gasteiger partial charge in [-0.2, -0.15) is 5.26 Å². The van der Waals surface area contributed by atoms with Crippen molar-refractivity contribution in [2.75, 3.05) is 0 Å². The highest BCUT2D eigenvalue weighted by Crippen LogP contribution is 2.18. The third kappa shape index (κ3) is 5.95. The minimum absolute atomic E-state index is 0.273. The van der Waals surface area contributed by atoms with Gasteiger partial charge in [0, 0.05) is 0 Å². The van der Waals surface area contributed by atoms with Gasteiger partial charge < -0.3 is 15.2 Å². The Balaban J connectivity index is 2.87. The van der Waals surface area contributed by atoms with E-state index in [0.717, 1.165) is 0 Å². The highest BCUT2D eigenvalue weighted by Gasteiger charge is 2.22. The van der Waals surface area contributed by atoms with Crippen LogP contribution < -0.4 is 5.32 Å². The van der Waals surface area contributed by atoms with Crippen LogP contribution in [0.4, 0.5) is 4.79 Å². The predicted molar refractivity (Wildman–Crippen MR) is 75.5 cm³/mol. The van der Waals surface area contributed by atoms with Crippen molar-refractivity contribution < 1.29 is 19.4 Å². The number of benzene rings is 1. The smallest absolute Gasteiger partial charge is 0.408 e. The number of nitriles is 1. The van der Waals surface area contributed by atoms with Crippen molar-refractivity contribution >= 4 is 12.1 Å². The number of hydrogen-bond donors (Lipinski definition) is 2. The molecule has 0 saturated carbocycles. The van der Waals surface area contributed by atoms with E-state index in [1.807, 2.05) is 6.07 Å². The summed E-state index contributed by atoms with van der Waals surface area (Å²) in [5.74, 6) is -1.04. The Morgan fingerprint density at radius 1 is 1.33 bits per heavy atom. The highest BCUT2D eigenvalue weighted by atomic mass is 16.6. The first-order chi connectivity index (χ1) is 9.71. The van der Waals surface area contributed by atoms with Crippen LogP contribution in [0.1, 0.15) is 44.4 Å². The summed E-state index contributed by atoms with van der Waals surface area (Å²) in [5, 5.41) is 20.2. The lowest BCUT2D eigenvalue weighted by Crippen LogP contribution is -2.35. The molecule has 0 aliphatic heterocycles. The molecule has 6 heteroatoms. The third-order valence-corrected chi connectivity index (χ3v) is 2.51. The molecule has 0 saturated heterocycles. The van der Waals surface area contributed by atoms with E-state index in [9.17, 15) is 9.59 Å². The molecule has 0 aliphatic carbocycles. The summed E-state index contributed by atoms with van der Waals surface area (Å²) >= 11 is 0. The number of carboxylic acid groups (broad SMARTS) is 1. The lowest BCUT2D eigenvalue weighted by molar-refractivity contribution is -0.137. The molecule has 1 aromatic rings. The van der Waals surface area contributed by atoms with Crippen LogP contribution in [0.25, 0.3) is 0 Å². The average Bonchev–Trinajstić information content (AvgIpc) is 2.35. The number of alkyl carbamates (subject to hydrolysis) is 1. The maximum Gasteiger partial charge on any atom is 0.408 e. The lowest BCUT2D eigenvalue weighted by atomic mass is 10.0. The quantitative estimate of drug-likeness (QED) is 0.887. The Bertz CT molecular complexity index is 553. The summed E-state index contributed by atoms with van der Waals surface area (Å²) in [5.41, 5.74) is 0.398. The number of rotatable bonds is 4. The van der Waals surface area contributed by atoms with Crippen LogP contribution in [-0.2, 0) is 9.53 Å². The number of nitrogens with zero attached hydrogens (tertiary/aromatic N) is 1. The summed E-state index contributed by atoms with van der Waals surface area (Å²) in [7, 11) is 0. The van der Waals surface area contributed by atoms with Crippen molar-refractivity contribution in [3.63, 3.8) is 0 Å². The Morgan fingerprint density at radius 3 is 2.33 bits per heavy atom. The van der Waals surface area contributed by atoms with Crippen molar-refractivity contribution in [1.82, 2.24) is 5.32 Å².